The predicted molar refractivity (Wildman–Crippen MR) is 63.7 cm³/mol. The largest absolute Gasteiger partial charge is 0.481 e. The van der Waals surface area contributed by atoms with E-state index in [0.717, 1.165) is 17.7 Å². The second-order valence-corrected chi connectivity index (χ2v) is 4.29. The van der Waals surface area contributed by atoms with E-state index in [2.05, 4.69) is 5.32 Å². The van der Waals surface area contributed by atoms with Crippen molar-refractivity contribution in [2.75, 3.05) is 5.32 Å². The Labute approximate surface area is 99.6 Å². The van der Waals surface area contributed by atoms with Gasteiger partial charge in [0.15, 0.2) is 0 Å². The van der Waals surface area contributed by atoms with E-state index in [9.17, 15) is 9.59 Å². The van der Waals surface area contributed by atoms with E-state index >= 15 is 0 Å². The zero-order chi connectivity index (χ0) is 12.4. The highest BCUT2D eigenvalue weighted by molar-refractivity contribution is 5.98. The molecule has 0 aliphatic heterocycles. The van der Waals surface area contributed by atoms with E-state index in [-0.39, 0.29) is 11.8 Å². The van der Waals surface area contributed by atoms with E-state index in [1.54, 1.807) is 0 Å². The fourth-order valence-corrected chi connectivity index (χ4v) is 1.93. The standard InChI is InChI=1S/C13H15NO3/c1-2-8-5-3-4-6-11(8)14-12(15)9-7-10(9)13(16)17/h3-6,9-10H,2,7H2,1H3,(H,14,15)(H,16,17)/t9-,10+/m1/s1. The summed E-state index contributed by atoms with van der Waals surface area (Å²) >= 11 is 0. The number of aryl methyl sites for hydroxylation is 1. The van der Waals surface area contributed by atoms with Crippen LogP contribution in [0.5, 0.6) is 0 Å². The van der Waals surface area contributed by atoms with Crippen LogP contribution < -0.4 is 5.32 Å². The first kappa shape index (κ1) is 11.6. The van der Waals surface area contributed by atoms with Crippen molar-refractivity contribution in [1.29, 1.82) is 0 Å². The number of hydrogen-bond acceptors (Lipinski definition) is 2. The quantitative estimate of drug-likeness (QED) is 0.834. The minimum atomic E-state index is -0.881. The molecule has 0 unspecified atom stereocenters. The van der Waals surface area contributed by atoms with Crippen molar-refractivity contribution in [3.8, 4) is 0 Å². The van der Waals surface area contributed by atoms with Gasteiger partial charge in [-0.15, -0.1) is 0 Å². The van der Waals surface area contributed by atoms with Gasteiger partial charge in [0.05, 0.1) is 11.8 Å². The number of aliphatic carboxylic acids is 1. The van der Waals surface area contributed by atoms with Gasteiger partial charge in [-0.2, -0.15) is 0 Å². The molecule has 0 bridgehead atoms. The Morgan fingerprint density at radius 2 is 2.06 bits per heavy atom. The monoisotopic (exact) mass is 233 g/mol. The second-order valence-electron chi connectivity index (χ2n) is 4.29. The lowest BCUT2D eigenvalue weighted by molar-refractivity contribution is -0.139. The lowest BCUT2D eigenvalue weighted by Gasteiger charge is -2.08. The van der Waals surface area contributed by atoms with Gasteiger partial charge in [-0.05, 0) is 24.5 Å². The van der Waals surface area contributed by atoms with Crippen molar-refractivity contribution in [3.05, 3.63) is 29.8 Å². The van der Waals surface area contributed by atoms with Gasteiger partial charge < -0.3 is 10.4 Å². The number of carbonyl (C=O) groups is 2. The third kappa shape index (κ3) is 2.46. The summed E-state index contributed by atoms with van der Waals surface area (Å²) < 4.78 is 0. The highest BCUT2D eigenvalue weighted by Gasteiger charge is 2.48. The van der Waals surface area contributed by atoms with E-state index in [4.69, 9.17) is 5.11 Å². The molecule has 0 radical (unpaired) electrons. The molecule has 4 nitrogen and oxygen atoms in total. The minimum absolute atomic E-state index is 0.182. The van der Waals surface area contributed by atoms with Gasteiger partial charge in [0.25, 0.3) is 0 Å². The molecule has 0 saturated heterocycles. The summed E-state index contributed by atoms with van der Waals surface area (Å²) in [5.74, 6) is -1.92. The molecule has 4 heteroatoms. The molecule has 1 aliphatic rings. The Morgan fingerprint density at radius 1 is 1.35 bits per heavy atom. The van der Waals surface area contributed by atoms with Gasteiger partial charge in [-0.25, -0.2) is 0 Å². The molecule has 0 aromatic heterocycles. The molecule has 2 rings (SSSR count). The molecular formula is C13H15NO3. The molecule has 17 heavy (non-hydrogen) atoms. The summed E-state index contributed by atoms with van der Waals surface area (Å²) in [4.78, 5) is 22.5. The van der Waals surface area contributed by atoms with E-state index < -0.39 is 11.9 Å². The maximum atomic E-state index is 11.8. The Hall–Kier alpha value is -1.84. The number of anilines is 1. The fraction of sp³-hybridized carbons (Fsp3) is 0.385. The number of carbonyl (C=O) groups excluding carboxylic acids is 1. The van der Waals surface area contributed by atoms with Crippen LogP contribution in [0.2, 0.25) is 0 Å². The van der Waals surface area contributed by atoms with Crippen molar-refractivity contribution < 1.29 is 14.7 Å². The number of hydrogen-bond donors (Lipinski definition) is 2. The average Bonchev–Trinajstić information content (AvgIpc) is 3.09. The van der Waals surface area contributed by atoms with Crippen LogP contribution in [0, 0.1) is 11.8 Å². The fourth-order valence-electron chi connectivity index (χ4n) is 1.93. The minimum Gasteiger partial charge on any atom is -0.481 e. The van der Waals surface area contributed by atoms with Gasteiger partial charge in [-0.3, -0.25) is 9.59 Å². The number of para-hydroxylation sites is 1. The lowest BCUT2D eigenvalue weighted by atomic mass is 10.1. The number of carboxylic acids is 1. The number of rotatable bonds is 4. The second kappa shape index (κ2) is 4.57. The summed E-state index contributed by atoms with van der Waals surface area (Å²) in [6.07, 6.45) is 1.29. The first-order valence-electron chi connectivity index (χ1n) is 5.75. The third-order valence-corrected chi connectivity index (χ3v) is 3.10. The first-order valence-corrected chi connectivity index (χ1v) is 5.75. The number of amides is 1. The van der Waals surface area contributed by atoms with Gasteiger partial charge in [0.1, 0.15) is 0 Å². The van der Waals surface area contributed by atoms with Crippen molar-refractivity contribution >= 4 is 17.6 Å². The van der Waals surface area contributed by atoms with Gasteiger partial charge in [0, 0.05) is 5.69 Å². The molecule has 1 aromatic rings. The van der Waals surface area contributed by atoms with Gasteiger partial charge in [-0.1, -0.05) is 25.1 Å². The van der Waals surface area contributed by atoms with Crippen LogP contribution in [-0.4, -0.2) is 17.0 Å². The highest BCUT2D eigenvalue weighted by atomic mass is 16.4. The maximum absolute atomic E-state index is 11.8. The molecule has 0 heterocycles. The number of carboxylic acid groups (broad SMARTS) is 1. The molecule has 2 N–H and O–H groups in total. The van der Waals surface area contributed by atoms with Gasteiger partial charge >= 0.3 is 5.97 Å². The van der Waals surface area contributed by atoms with Gasteiger partial charge in [0.2, 0.25) is 5.91 Å². The molecule has 1 aliphatic carbocycles. The normalized spacial score (nSPS) is 21.9. The molecule has 2 atom stereocenters. The molecule has 1 amide bonds. The van der Waals surface area contributed by atoms with Crippen molar-refractivity contribution in [1.82, 2.24) is 0 Å². The van der Waals surface area contributed by atoms with Crippen LogP contribution >= 0.6 is 0 Å². The molecule has 1 aromatic carbocycles. The van der Waals surface area contributed by atoms with Crippen LogP contribution in [0.4, 0.5) is 5.69 Å². The number of benzene rings is 1. The lowest BCUT2D eigenvalue weighted by Crippen LogP contribution is -2.17. The SMILES string of the molecule is CCc1ccccc1NC(=O)[C@@H]1C[C@@H]1C(=O)O. The molecule has 0 spiro atoms. The molecule has 90 valence electrons. The van der Waals surface area contributed by atoms with E-state index in [0.29, 0.717) is 6.42 Å². The molecule has 1 fully saturated rings. The first-order chi connectivity index (χ1) is 8.13. The third-order valence-electron chi connectivity index (χ3n) is 3.10. The maximum Gasteiger partial charge on any atom is 0.307 e. The zero-order valence-corrected chi connectivity index (χ0v) is 9.64. The Kier molecular flexibility index (Phi) is 3.13. The van der Waals surface area contributed by atoms with Crippen molar-refractivity contribution in [2.45, 2.75) is 19.8 Å². The van der Waals surface area contributed by atoms with Crippen LogP contribution in [0.1, 0.15) is 18.9 Å². The molecular weight excluding hydrogens is 218 g/mol. The highest BCUT2D eigenvalue weighted by Crippen LogP contribution is 2.39. The van der Waals surface area contributed by atoms with Crippen molar-refractivity contribution in [3.63, 3.8) is 0 Å². The summed E-state index contributed by atoms with van der Waals surface area (Å²) in [5.41, 5.74) is 1.85. The van der Waals surface area contributed by atoms with Crippen LogP contribution in [0.15, 0.2) is 24.3 Å². The van der Waals surface area contributed by atoms with Crippen molar-refractivity contribution in [2.24, 2.45) is 11.8 Å². The number of nitrogens with one attached hydrogen (secondary N) is 1. The van der Waals surface area contributed by atoms with Crippen LogP contribution in [0.25, 0.3) is 0 Å². The topological polar surface area (TPSA) is 66.4 Å². The van der Waals surface area contributed by atoms with E-state index in [1.165, 1.54) is 0 Å². The molecule has 1 saturated carbocycles. The summed E-state index contributed by atoms with van der Waals surface area (Å²) in [7, 11) is 0. The summed E-state index contributed by atoms with van der Waals surface area (Å²) in [6.45, 7) is 2.02. The zero-order valence-electron chi connectivity index (χ0n) is 9.64. The Morgan fingerprint density at radius 3 is 2.65 bits per heavy atom. The smallest absolute Gasteiger partial charge is 0.307 e. The van der Waals surface area contributed by atoms with Crippen LogP contribution in [0.3, 0.4) is 0 Å². The Bertz CT molecular complexity index is 456. The van der Waals surface area contributed by atoms with Crippen LogP contribution in [-0.2, 0) is 16.0 Å². The Balaban J connectivity index is 2.02. The van der Waals surface area contributed by atoms with E-state index in [1.807, 2.05) is 31.2 Å². The predicted octanol–water partition coefficient (Wildman–Crippen LogP) is 1.91. The average molecular weight is 233 g/mol. The summed E-state index contributed by atoms with van der Waals surface area (Å²) in [6, 6.07) is 7.58. The summed E-state index contributed by atoms with van der Waals surface area (Å²) in [5, 5.41) is 11.6.